The van der Waals surface area contributed by atoms with Crippen molar-refractivity contribution in [1.82, 2.24) is 15.0 Å². The number of hydrogen-bond donors (Lipinski definition) is 2. The summed E-state index contributed by atoms with van der Waals surface area (Å²) in [6.07, 6.45) is 4.30. The minimum atomic E-state index is -0.144. The van der Waals surface area contributed by atoms with Gasteiger partial charge in [-0.25, -0.2) is 4.98 Å². The highest BCUT2D eigenvalue weighted by atomic mass is 15.0. The molecule has 2 aromatic heterocycles. The molecule has 0 saturated heterocycles. The van der Waals surface area contributed by atoms with E-state index in [0.29, 0.717) is 0 Å². The zero-order valence-corrected chi connectivity index (χ0v) is 11.0. The third-order valence-electron chi connectivity index (χ3n) is 3.19. The third-order valence-corrected chi connectivity index (χ3v) is 3.19. The van der Waals surface area contributed by atoms with E-state index >= 15 is 0 Å². The van der Waals surface area contributed by atoms with Gasteiger partial charge in [0.15, 0.2) is 0 Å². The lowest BCUT2D eigenvalue weighted by atomic mass is 10.1. The van der Waals surface area contributed by atoms with E-state index in [0.717, 1.165) is 23.6 Å². The predicted octanol–water partition coefficient (Wildman–Crippen LogP) is 2.71. The first-order valence-corrected chi connectivity index (χ1v) is 6.59. The molecule has 1 unspecified atom stereocenters. The van der Waals surface area contributed by atoms with Crippen LogP contribution < -0.4 is 5.73 Å². The highest BCUT2D eigenvalue weighted by Gasteiger charge is 2.12. The second-order valence-electron chi connectivity index (χ2n) is 4.69. The summed E-state index contributed by atoms with van der Waals surface area (Å²) in [7, 11) is 0. The van der Waals surface area contributed by atoms with E-state index in [1.54, 1.807) is 12.4 Å². The number of H-pyrrole nitrogens is 1. The monoisotopic (exact) mass is 264 g/mol. The zero-order valence-electron chi connectivity index (χ0n) is 11.0. The summed E-state index contributed by atoms with van der Waals surface area (Å²) in [5, 5.41) is 0. The smallest absolute Gasteiger partial charge is 0.123 e. The number of aromatic nitrogens is 3. The van der Waals surface area contributed by atoms with Gasteiger partial charge in [-0.1, -0.05) is 36.4 Å². The second-order valence-corrected chi connectivity index (χ2v) is 4.69. The molecule has 4 nitrogen and oxygen atoms in total. The van der Waals surface area contributed by atoms with Gasteiger partial charge in [-0.05, 0) is 24.1 Å². The van der Waals surface area contributed by atoms with Crippen LogP contribution in [-0.4, -0.2) is 15.0 Å². The van der Waals surface area contributed by atoms with Gasteiger partial charge in [0.25, 0.3) is 0 Å². The molecule has 20 heavy (non-hydrogen) atoms. The van der Waals surface area contributed by atoms with Crippen LogP contribution in [0.15, 0.2) is 60.9 Å². The SMILES string of the molecule is NC(Cc1ccccc1)c1ncc(-c2ccccn2)[nH]1. The van der Waals surface area contributed by atoms with Gasteiger partial charge >= 0.3 is 0 Å². The Morgan fingerprint density at radius 1 is 1.00 bits per heavy atom. The first kappa shape index (κ1) is 12.6. The van der Waals surface area contributed by atoms with Gasteiger partial charge in [-0.3, -0.25) is 4.98 Å². The van der Waals surface area contributed by atoms with Crippen LogP contribution in [-0.2, 0) is 6.42 Å². The van der Waals surface area contributed by atoms with E-state index in [2.05, 4.69) is 27.1 Å². The topological polar surface area (TPSA) is 67.6 Å². The molecular weight excluding hydrogens is 248 g/mol. The van der Waals surface area contributed by atoms with Gasteiger partial charge in [-0.15, -0.1) is 0 Å². The van der Waals surface area contributed by atoms with Crippen molar-refractivity contribution in [2.75, 3.05) is 0 Å². The number of nitrogens with one attached hydrogen (secondary N) is 1. The maximum Gasteiger partial charge on any atom is 0.123 e. The van der Waals surface area contributed by atoms with Gasteiger partial charge < -0.3 is 10.7 Å². The normalized spacial score (nSPS) is 12.2. The zero-order chi connectivity index (χ0) is 13.8. The van der Waals surface area contributed by atoms with Crippen molar-refractivity contribution in [2.45, 2.75) is 12.5 Å². The Balaban J connectivity index is 1.77. The van der Waals surface area contributed by atoms with Crippen LogP contribution in [0, 0.1) is 0 Å². The van der Waals surface area contributed by atoms with Crippen LogP contribution >= 0.6 is 0 Å². The fraction of sp³-hybridized carbons (Fsp3) is 0.125. The highest BCUT2D eigenvalue weighted by molar-refractivity contribution is 5.52. The first-order valence-electron chi connectivity index (χ1n) is 6.59. The molecule has 2 heterocycles. The van der Waals surface area contributed by atoms with Crippen molar-refractivity contribution in [3.63, 3.8) is 0 Å². The molecule has 1 aromatic carbocycles. The average molecular weight is 264 g/mol. The van der Waals surface area contributed by atoms with Crippen LogP contribution in [0.2, 0.25) is 0 Å². The lowest BCUT2D eigenvalue weighted by Crippen LogP contribution is -2.14. The quantitative estimate of drug-likeness (QED) is 0.761. The van der Waals surface area contributed by atoms with Crippen LogP contribution in [0.1, 0.15) is 17.4 Å². The van der Waals surface area contributed by atoms with E-state index in [1.807, 2.05) is 36.4 Å². The Labute approximate surface area is 117 Å². The Hall–Kier alpha value is -2.46. The summed E-state index contributed by atoms with van der Waals surface area (Å²) in [6, 6.07) is 15.8. The Morgan fingerprint density at radius 3 is 2.55 bits per heavy atom. The summed E-state index contributed by atoms with van der Waals surface area (Å²) in [5.41, 5.74) is 9.17. The van der Waals surface area contributed by atoms with E-state index in [-0.39, 0.29) is 6.04 Å². The van der Waals surface area contributed by atoms with Crippen LogP contribution in [0.5, 0.6) is 0 Å². The summed E-state index contributed by atoms with van der Waals surface area (Å²) >= 11 is 0. The van der Waals surface area contributed by atoms with Crippen molar-refractivity contribution >= 4 is 0 Å². The fourth-order valence-corrected chi connectivity index (χ4v) is 2.14. The molecule has 0 aliphatic carbocycles. The lowest BCUT2D eigenvalue weighted by molar-refractivity contribution is 0.678. The standard InChI is InChI=1S/C16H16N4/c17-13(10-12-6-2-1-3-7-12)16-19-11-15(20-16)14-8-4-5-9-18-14/h1-9,11,13H,10,17H2,(H,19,20). The van der Waals surface area contributed by atoms with Crippen molar-refractivity contribution in [1.29, 1.82) is 0 Å². The number of benzene rings is 1. The van der Waals surface area contributed by atoms with Crippen LogP contribution in [0.25, 0.3) is 11.4 Å². The summed E-state index contributed by atoms with van der Waals surface area (Å²) in [5.74, 6) is 0.787. The largest absolute Gasteiger partial charge is 0.339 e. The Morgan fingerprint density at radius 2 is 1.80 bits per heavy atom. The van der Waals surface area contributed by atoms with Gasteiger partial charge in [-0.2, -0.15) is 0 Å². The molecule has 0 spiro atoms. The van der Waals surface area contributed by atoms with Gasteiger partial charge in [0.2, 0.25) is 0 Å². The van der Waals surface area contributed by atoms with Crippen molar-refractivity contribution in [3.05, 3.63) is 72.3 Å². The number of rotatable bonds is 4. The molecule has 4 heteroatoms. The number of hydrogen-bond acceptors (Lipinski definition) is 3. The first-order chi connectivity index (χ1) is 9.83. The van der Waals surface area contributed by atoms with Gasteiger partial charge in [0, 0.05) is 6.20 Å². The predicted molar refractivity (Wildman–Crippen MR) is 78.9 cm³/mol. The van der Waals surface area contributed by atoms with Gasteiger partial charge in [0.1, 0.15) is 5.82 Å². The molecular formula is C16H16N4. The van der Waals surface area contributed by atoms with E-state index < -0.39 is 0 Å². The number of nitrogens with two attached hydrogens (primary N) is 1. The van der Waals surface area contributed by atoms with E-state index in [4.69, 9.17) is 5.73 Å². The van der Waals surface area contributed by atoms with Gasteiger partial charge in [0.05, 0.1) is 23.6 Å². The third kappa shape index (κ3) is 2.75. The molecule has 0 saturated carbocycles. The number of pyridine rings is 1. The molecule has 0 fully saturated rings. The number of nitrogens with zero attached hydrogens (tertiary/aromatic N) is 2. The molecule has 3 N–H and O–H groups in total. The molecule has 100 valence electrons. The summed E-state index contributed by atoms with van der Waals surface area (Å²) in [4.78, 5) is 11.9. The van der Waals surface area contributed by atoms with E-state index in [9.17, 15) is 0 Å². The minimum absolute atomic E-state index is 0.144. The molecule has 0 bridgehead atoms. The van der Waals surface area contributed by atoms with Crippen LogP contribution in [0.3, 0.4) is 0 Å². The summed E-state index contributed by atoms with van der Waals surface area (Å²) < 4.78 is 0. The Kier molecular flexibility index (Phi) is 3.56. The maximum atomic E-state index is 6.20. The van der Waals surface area contributed by atoms with Crippen molar-refractivity contribution in [2.24, 2.45) is 5.73 Å². The highest BCUT2D eigenvalue weighted by Crippen LogP contribution is 2.18. The second kappa shape index (κ2) is 5.67. The number of aromatic amines is 1. The molecule has 3 rings (SSSR count). The van der Waals surface area contributed by atoms with Crippen molar-refractivity contribution in [3.8, 4) is 11.4 Å². The molecule has 1 atom stereocenters. The minimum Gasteiger partial charge on any atom is -0.339 e. The Bertz CT molecular complexity index is 661. The van der Waals surface area contributed by atoms with Crippen LogP contribution in [0.4, 0.5) is 0 Å². The molecule has 3 aromatic rings. The summed E-state index contributed by atoms with van der Waals surface area (Å²) in [6.45, 7) is 0. The maximum absolute atomic E-state index is 6.20. The van der Waals surface area contributed by atoms with E-state index in [1.165, 1.54) is 5.56 Å². The van der Waals surface area contributed by atoms with Crippen molar-refractivity contribution < 1.29 is 0 Å². The molecule has 0 amide bonds. The lowest BCUT2D eigenvalue weighted by Gasteiger charge is -2.08. The average Bonchev–Trinajstić information content (AvgIpc) is 2.99. The molecule has 0 aliphatic rings. The number of imidazole rings is 1. The molecule has 0 aliphatic heterocycles. The molecule has 0 radical (unpaired) electrons. The fourth-order valence-electron chi connectivity index (χ4n) is 2.14.